The zero-order valence-corrected chi connectivity index (χ0v) is 19.5. The molecule has 6 nitrogen and oxygen atoms in total. The van der Waals surface area contributed by atoms with Gasteiger partial charge in [0.1, 0.15) is 5.69 Å². The van der Waals surface area contributed by atoms with Crippen LogP contribution < -0.4 is 5.73 Å². The van der Waals surface area contributed by atoms with Crippen LogP contribution >= 0.6 is 0 Å². The smallest absolute Gasteiger partial charge is 0.268 e. The highest BCUT2D eigenvalue weighted by molar-refractivity contribution is 6.74. The quantitative estimate of drug-likeness (QED) is 0.576. The number of nitrogens with two attached hydrogens (primary N) is 1. The highest BCUT2D eigenvalue weighted by atomic mass is 28.4. The van der Waals surface area contributed by atoms with Crippen molar-refractivity contribution < 1.29 is 14.0 Å². The van der Waals surface area contributed by atoms with Crippen molar-refractivity contribution in [1.82, 2.24) is 9.55 Å². The molecule has 1 heterocycles. The van der Waals surface area contributed by atoms with Crippen molar-refractivity contribution >= 4 is 14.2 Å². The van der Waals surface area contributed by atoms with Crippen molar-refractivity contribution in [3.63, 3.8) is 0 Å². The topological polar surface area (TPSA) is 79.4 Å². The molecule has 2 atom stereocenters. The Bertz CT molecular complexity index is 784. The van der Waals surface area contributed by atoms with Crippen molar-refractivity contribution in [2.45, 2.75) is 71.0 Å². The zero-order chi connectivity index (χ0) is 21.7. The minimum absolute atomic E-state index is 0.0101. The molecule has 0 bridgehead atoms. The SMILES string of the molecule is C[C@H](OCc1ccccc1)[C@@H](CCO[Si](C)(C)C(C)(C)C)n1cnc(C(N)=O)c1. The number of ether oxygens (including phenoxy) is 1. The van der Waals surface area contributed by atoms with Gasteiger partial charge in [-0.2, -0.15) is 0 Å². The van der Waals surface area contributed by atoms with E-state index in [4.69, 9.17) is 14.9 Å². The van der Waals surface area contributed by atoms with E-state index in [0.717, 1.165) is 12.0 Å². The number of carbonyl (C=O) groups is 1. The van der Waals surface area contributed by atoms with Gasteiger partial charge in [-0.1, -0.05) is 51.1 Å². The molecule has 0 aliphatic heterocycles. The van der Waals surface area contributed by atoms with E-state index in [9.17, 15) is 4.79 Å². The van der Waals surface area contributed by atoms with Crippen LogP contribution in [0.5, 0.6) is 0 Å². The second-order valence-corrected chi connectivity index (χ2v) is 13.8. The maximum Gasteiger partial charge on any atom is 0.268 e. The number of primary amides is 1. The summed E-state index contributed by atoms with van der Waals surface area (Å²) in [5, 5.41) is 0.159. The Morgan fingerprint density at radius 2 is 1.90 bits per heavy atom. The first-order valence-electron chi connectivity index (χ1n) is 10.1. The van der Waals surface area contributed by atoms with E-state index in [1.54, 1.807) is 12.5 Å². The first kappa shape index (κ1) is 23.3. The van der Waals surface area contributed by atoms with Gasteiger partial charge in [-0.3, -0.25) is 4.79 Å². The van der Waals surface area contributed by atoms with E-state index in [2.05, 4.69) is 38.8 Å². The molecular formula is C22H35N3O3Si. The van der Waals surface area contributed by atoms with Crippen LogP contribution in [0.2, 0.25) is 18.1 Å². The standard InChI is InChI=1S/C22H35N3O3Si/c1-17(27-15-18-10-8-7-9-11-18)20(25-14-19(21(23)26)24-16-25)12-13-28-29(5,6)22(2,3)4/h7-11,14,16-17,20H,12-13,15H2,1-6H3,(H2,23,26)/t17-,20+/m0/s1. The lowest BCUT2D eigenvalue weighted by atomic mass is 10.1. The van der Waals surface area contributed by atoms with E-state index in [-0.39, 0.29) is 22.9 Å². The molecule has 0 fully saturated rings. The molecule has 0 saturated carbocycles. The number of hydrogen-bond acceptors (Lipinski definition) is 4. The van der Waals surface area contributed by atoms with E-state index in [1.807, 2.05) is 41.8 Å². The molecule has 0 radical (unpaired) electrons. The minimum Gasteiger partial charge on any atom is -0.417 e. The van der Waals surface area contributed by atoms with Crippen molar-refractivity contribution in [3.8, 4) is 0 Å². The van der Waals surface area contributed by atoms with Gasteiger partial charge in [-0.05, 0) is 37.0 Å². The molecule has 0 unspecified atom stereocenters. The van der Waals surface area contributed by atoms with Gasteiger partial charge < -0.3 is 19.5 Å². The predicted octanol–water partition coefficient (Wildman–Crippen LogP) is 4.54. The molecule has 2 N–H and O–H groups in total. The van der Waals surface area contributed by atoms with Crippen LogP contribution in [0.3, 0.4) is 0 Å². The second kappa shape index (κ2) is 9.69. The van der Waals surface area contributed by atoms with Gasteiger partial charge in [-0.15, -0.1) is 0 Å². The lowest BCUT2D eigenvalue weighted by Crippen LogP contribution is -2.41. The van der Waals surface area contributed by atoms with E-state index in [0.29, 0.717) is 13.2 Å². The van der Waals surface area contributed by atoms with Gasteiger partial charge in [0.25, 0.3) is 5.91 Å². The highest BCUT2D eigenvalue weighted by Gasteiger charge is 2.37. The molecule has 7 heteroatoms. The maximum atomic E-state index is 11.5. The van der Waals surface area contributed by atoms with Crippen LogP contribution in [-0.2, 0) is 15.8 Å². The van der Waals surface area contributed by atoms with Crippen LogP contribution in [0.25, 0.3) is 0 Å². The van der Waals surface area contributed by atoms with Crippen LogP contribution in [0, 0.1) is 0 Å². The van der Waals surface area contributed by atoms with E-state index >= 15 is 0 Å². The van der Waals surface area contributed by atoms with Crippen molar-refractivity contribution in [3.05, 3.63) is 54.1 Å². The molecule has 160 valence electrons. The molecule has 0 aliphatic carbocycles. The van der Waals surface area contributed by atoms with E-state index in [1.165, 1.54) is 0 Å². The highest BCUT2D eigenvalue weighted by Crippen LogP contribution is 2.37. The number of carbonyl (C=O) groups excluding carboxylic acids is 1. The molecule has 0 spiro atoms. The van der Waals surface area contributed by atoms with Gasteiger partial charge in [-0.25, -0.2) is 4.98 Å². The number of hydrogen-bond donors (Lipinski definition) is 1. The summed E-state index contributed by atoms with van der Waals surface area (Å²) >= 11 is 0. The molecule has 1 amide bonds. The van der Waals surface area contributed by atoms with Gasteiger partial charge >= 0.3 is 0 Å². The Morgan fingerprint density at radius 3 is 2.45 bits per heavy atom. The summed E-state index contributed by atoms with van der Waals surface area (Å²) in [4.78, 5) is 15.6. The van der Waals surface area contributed by atoms with Crippen LogP contribution in [-0.4, -0.2) is 36.5 Å². The fraction of sp³-hybridized carbons (Fsp3) is 0.545. The summed E-state index contributed by atoms with van der Waals surface area (Å²) in [6.07, 6.45) is 4.02. The van der Waals surface area contributed by atoms with Crippen LogP contribution in [0.1, 0.15) is 56.2 Å². The Labute approximate surface area is 175 Å². The summed E-state index contributed by atoms with van der Waals surface area (Å²) in [6.45, 7) is 14.4. The third-order valence-corrected chi connectivity index (χ3v) is 10.4. The van der Waals surface area contributed by atoms with E-state index < -0.39 is 14.2 Å². The second-order valence-electron chi connectivity index (χ2n) is 9.04. The molecule has 0 aliphatic rings. The fourth-order valence-corrected chi connectivity index (χ4v) is 3.90. The normalized spacial score (nSPS) is 14.6. The summed E-state index contributed by atoms with van der Waals surface area (Å²) < 4.78 is 14.4. The fourth-order valence-electron chi connectivity index (χ4n) is 2.84. The lowest BCUT2D eigenvalue weighted by molar-refractivity contribution is 0.0108. The number of benzene rings is 1. The van der Waals surface area contributed by atoms with Crippen LogP contribution in [0.15, 0.2) is 42.9 Å². The molecule has 1 aromatic heterocycles. The third-order valence-electron chi connectivity index (χ3n) is 5.82. The van der Waals surface area contributed by atoms with Gasteiger partial charge in [0, 0.05) is 12.8 Å². The molecule has 1 aromatic carbocycles. The lowest BCUT2D eigenvalue weighted by Gasteiger charge is -2.37. The van der Waals surface area contributed by atoms with Gasteiger partial charge in [0.05, 0.1) is 25.1 Å². The van der Waals surface area contributed by atoms with Crippen molar-refractivity contribution in [2.24, 2.45) is 5.73 Å². The number of imidazole rings is 1. The number of rotatable bonds is 10. The molecule has 2 aromatic rings. The summed E-state index contributed by atoms with van der Waals surface area (Å²) in [5.74, 6) is -0.530. The first-order chi connectivity index (χ1) is 13.5. The average Bonchev–Trinajstić information content (AvgIpc) is 3.13. The predicted molar refractivity (Wildman–Crippen MR) is 118 cm³/mol. The summed E-state index contributed by atoms with van der Waals surface area (Å²) in [5.41, 5.74) is 6.76. The maximum absolute atomic E-state index is 11.5. The average molecular weight is 418 g/mol. The zero-order valence-electron chi connectivity index (χ0n) is 18.5. The molecule has 0 saturated heterocycles. The molecular weight excluding hydrogens is 382 g/mol. The van der Waals surface area contributed by atoms with Gasteiger partial charge in [0.15, 0.2) is 8.32 Å². The Hall–Kier alpha value is -1.96. The summed E-state index contributed by atoms with van der Waals surface area (Å²) in [7, 11) is -1.83. The molecule has 29 heavy (non-hydrogen) atoms. The minimum atomic E-state index is -1.83. The Balaban J connectivity index is 2.09. The Kier molecular flexibility index (Phi) is 7.79. The van der Waals surface area contributed by atoms with Gasteiger partial charge in [0.2, 0.25) is 0 Å². The van der Waals surface area contributed by atoms with Crippen molar-refractivity contribution in [2.75, 3.05) is 6.61 Å². The molecule has 2 rings (SSSR count). The monoisotopic (exact) mass is 417 g/mol. The number of aromatic nitrogens is 2. The number of amides is 1. The van der Waals surface area contributed by atoms with Crippen molar-refractivity contribution in [1.29, 1.82) is 0 Å². The summed E-state index contributed by atoms with van der Waals surface area (Å²) in [6, 6.07) is 10.1. The Morgan fingerprint density at radius 1 is 1.24 bits per heavy atom. The third kappa shape index (κ3) is 6.52. The first-order valence-corrected chi connectivity index (χ1v) is 13.0. The number of nitrogens with zero attached hydrogens (tertiary/aromatic N) is 2. The van der Waals surface area contributed by atoms with Crippen LogP contribution in [0.4, 0.5) is 0 Å². The largest absolute Gasteiger partial charge is 0.417 e.